The maximum atomic E-state index is 13.1. The Morgan fingerprint density at radius 2 is 1.57 bits per heavy atom. The number of hydrogen-bond donors (Lipinski definition) is 1. The van der Waals surface area contributed by atoms with Gasteiger partial charge in [-0.2, -0.15) is 0 Å². The number of anilines is 1. The molecule has 1 fully saturated rings. The van der Waals surface area contributed by atoms with Crippen molar-refractivity contribution in [2.75, 3.05) is 31.7 Å². The van der Waals surface area contributed by atoms with Crippen LogP contribution in [0.2, 0.25) is 0 Å². The van der Waals surface area contributed by atoms with E-state index >= 15 is 0 Å². The molecule has 7 nitrogen and oxygen atoms in total. The average Bonchev–Trinajstić information content (AvgIpc) is 2.81. The van der Waals surface area contributed by atoms with Crippen LogP contribution in [0.3, 0.4) is 0 Å². The van der Waals surface area contributed by atoms with Crippen LogP contribution in [0, 0.1) is 11.3 Å². The van der Waals surface area contributed by atoms with E-state index in [1.165, 1.54) is 0 Å². The minimum Gasteiger partial charge on any atom is -0.490 e. The fourth-order valence-electron chi connectivity index (χ4n) is 4.41. The Kier molecular flexibility index (Phi) is 9.03. The van der Waals surface area contributed by atoms with Gasteiger partial charge in [0.25, 0.3) is 5.91 Å². The molecule has 0 radical (unpaired) electrons. The van der Waals surface area contributed by atoms with E-state index in [1.807, 2.05) is 45.0 Å². The topological polar surface area (TPSA) is 75.3 Å². The third kappa shape index (κ3) is 6.47. The van der Waals surface area contributed by atoms with Gasteiger partial charge in [-0.25, -0.2) is 0 Å². The molecule has 0 aromatic heterocycles. The molecule has 1 N–H and O–H groups in total. The van der Waals surface area contributed by atoms with E-state index in [-0.39, 0.29) is 17.4 Å². The van der Waals surface area contributed by atoms with Gasteiger partial charge in [-0.15, -0.1) is 0 Å². The van der Waals surface area contributed by atoms with Gasteiger partial charge in [0.15, 0.2) is 17.8 Å². The number of amides is 1. The van der Waals surface area contributed by atoms with Crippen LogP contribution in [0.4, 0.5) is 5.69 Å². The number of ether oxygens (including phenoxy) is 5. The fraction of sp³-hybridized carbons (Fsp3) is 0.536. The van der Waals surface area contributed by atoms with Crippen LogP contribution >= 0.6 is 0 Å². The summed E-state index contributed by atoms with van der Waals surface area (Å²) in [4.78, 5) is 13.1. The Balaban J connectivity index is 1.76. The lowest BCUT2D eigenvalue weighted by atomic mass is 9.80. The van der Waals surface area contributed by atoms with E-state index in [4.69, 9.17) is 23.7 Å². The molecular formula is C28H39NO6. The van der Waals surface area contributed by atoms with Crippen LogP contribution in [-0.4, -0.2) is 38.4 Å². The van der Waals surface area contributed by atoms with Crippen molar-refractivity contribution in [3.63, 3.8) is 0 Å². The van der Waals surface area contributed by atoms with Crippen LogP contribution in [0.15, 0.2) is 36.4 Å². The molecule has 35 heavy (non-hydrogen) atoms. The predicted octanol–water partition coefficient (Wildman–Crippen LogP) is 6.23. The highest BCUT2D eigenvalue weighted by Gasteiger charge is 2.40. The van der Waals surface area contributed by atoms with E-state index < -0.39 is 6.29 Å². The molecule has 0 unspecified atom stereocenters. The Bertz CT molecular complexity index is 958. The SMILES string of the molecule is CCOc1cc(C(=O)Nc2ccc([C@H]3OCC(C)(C)[C@H](C(C)C)O3)cc2)cc(OCC)c1OCC. The first-order valence-corrected chi connectivity index (χ1v) is 12.4. The van der Waals surface area contributed by atoms with Crippen molar-refractivity contribution in [2.45, 2.75) is 60.9 Å². The van der Waals surface area contributed by atoms with Gasteiger partial charge in [-0.1, -0.05) is 39.8 Å². The molecule has 2 aromatic rings. The minimum absolute atomic E-state index is 0.0447. The lowest BCUT2D eigenvalue weighted by Crippen LogP contribution is -2.45. The molecule has 2 aromatic carbocycles. The summed E-state index contributed by atoms with van der Waals surface area (Å²) < 4.78 is 29.5. The van der Waals surface area contributed by atoms with Crippen molar-refractivity contribution in [3.8, 4) is 17.2 Å². The Morgan fingerprint density at radius 3 is 2.09 bits per heavy atom. The van der Waals surface area contributed by atoms with Gasteiger partial charge < -0.3 is 29.0 Å². The molecule has 3 rings (SSSR count). The maximum absolute atomic E-state index is 13.1. The zero-order valence-electron chi connectivity index (χ0n) is 22.0. The van der Waals surface area contributed by atoms with Gasteiger partial charge in [0.1, 0.15) is 0 Å². The standard InChI is InChI=1S/C28H39NO6/c1-8-31-22-15-20(16-23(32-9-2)24(22)33-10-3)26(30)29-21-13-11-19(12-14-21)27-34-17-28(6,7)25(35-27)18(4)5/h11-16,18,25,27H,8-10,17H2,1-7H3,(H,29,30)/t25-,27-/m0/s1. The molecule has 2 atom stereocenters. The highest BCUT2D eigenvalue weighted by Crippen LogP contribution is 2.41. The van der Waals surface area contributed by atoms with Gasteiger partial charge >= 0.3 is 0 Å². The molecule has 0 saturated carbocycles. The van der Waals surface area contributed by atoms with Crippen molar-refractivity contribution >= 4 is 11.6 Å². The third-order valence-electron chi connectivity index (χ3n) is 5.86. The van der Waals surface area contributed by atoms with Crippen molar-refractivity contribution in [3.05, 3.63) is 47.5 Å². The first-order valence-electron chi connectivity index (χ1n) is 12.4. The zero-order valence-corrected chi connectivity index (χ0v) is 22.0. The predicted molar refractivity (Wildman–Crippen MR) is 137 cm³/mol. The van der Waals surface area contributed by atoms with Crippen molar-refractivity contribution in [1.29, 1.82) is 0 Å². The molecule has 192 valence electrons. The van der Waals surface area contributed by atoms with E-state index in [2.05, 4.69) is 33.0 Å². The summed E-state index contributed by atoms with van der Waals surface area (Å²) in [6, 6.07) is 10.9. The van der Waals surface area contributed by atoms with Crippen LogP contribution in [0.1, 0.15) is 70.7 Å². The fourth-order valence-corrected chi connectivity index (χ4v) is 4.41. The molecule has 1 aliphatic heterocycles. The minimum atomic E-state index is -0.422. The van der Waals surface area contributed by atoms with Crippen LogP contribution in [0.5, 0.6) is 17.2 Å². The first-order chi connectivity index (χ1) is 16.7. The van der Waals surface area contributed by atoms with Gasteiger partial charge in [0.2, 0.25) is 5.75 Å². The summed E-state index contributed by atoms with van der Waals surface area (Å²) in [5.41, 5.74) is 1.96. The summed E-state index contributed by atoms with van der Waals surface area (Å²) in [6.07, 6.45) is -0.326. The van der Waals surface area contributed by atoms with E-state index in [9.17, 15) is 4.79 Å². The Morgan fingerprint density at radius 1 is 1.00 bits per heavy atom. The second-order valence-electron chi connectivity index (χ2n) is 9.61. The monoisotopic (exact) mass is 485 g/mol. The molecule has 1 saturated heterocycles. The Labute approximate surface area is 209 Å². The molecular weight excluding hydrogens is 446 g/mol. The number of nitrogens with one attached hydrogen (secondary N) is 1. The normalized spacial score (nSPS) is 19.3. The summed E-state index contributed by atoms with van der Waals surface area (Å²) in [6.45, 7) is 16.3. The summed E-state index contributed by atoms with van der Waals surface area (Å²) in [5.74, 6) is 1.58. The summed E-state index contributed by atoms with van der Waals surface area (Å²) in [5, 5.41) is 2.95. The molecule has 0 spiro atoms. The third-order valence-corrected chi connectivity index (χ3v) is 5.86. The smallest absolute Gasteiger partial charge is 0.255 e. The van der Waals surface area contributed by atoms with Gasteiger partial charge in [0, 0.05) is 22.2 Å². The summed E-state index contributed by atoms with van der Waals surface area (Å²) in [7, 11) is 0. The number of hydrogen-bond acceptors (Lipinski definition) is 6. The molecule has 0 bridgehead atoms. The van der Waals surface area contributed by atoms with Gasteiger partial charge in [-0.05, 0) is 51.0 Å². The van der Waals surface area contributed by atoms with Crippen molar-refractivity contribution < 1.29 is 28.5 Å². The number of rotatable bonds is 10. The van der Waals surface area contributed by atoms with Crippen LogP contribution in [0.25, 0.3) is 0 Å². The highest BCUT2D eigenvalue weighted by atomic mass is 16.7. The van der Waals surface area contributed by atoms with Gasteiger partial charge in [0.05, 0.1) is 32.5 Å². The summed E-state index contributed by atoms with van der Waals surface area (Å²) >= 11 is 0. The average molecular weight is 486 g/mol. The number of benzene rings is 2. The second-order valence-corrected chi connectivity index (χ2v) is 9.61. The highest BCUT2D eigenvalue weighted by molar-refractivity contribution is 6.05. The lowest BCUT2D eigenvalue weighted by Gasteiger charge is -2.44. The maximum Gasteiger partial charge on any atom is 0.255 e. The van der Waals surface area contributed by atoms with Crippen molar-refractivity contribution in [2.24, 2.45) is 11.3 Å². The Hall–Kier alpha value is -2.77. The van der Waals surface area contributed by atoms with E-state index in [0.717, 1.165) is 5.56 Å². The van der Waals surface area contributed by atoms with Gasteiger partial charge in [-0.3, -0.25) is 4.79 Å². The second kappa shape index (κ2) is 11.8. The number of carbonyl (C=O) groups is 1. The largest absolute Gasteiger partial charge is 0.490 e. The number of carbonyl (C=O) groups excluding carboxylic acids is 1. The molecule has 0 aliphatic carbocycles. The van der Waals surface area contributed by atoms with E-state index in [0.29, 0.717) is 60.8 Å². The molecule has 1 amide bonds. The quantitative estimate of drug-likeness (QED) is 0.430. The molecule has 7 heteroatoms. The zero-order chi connectivity index (χ0) is 25.6. The molecule has 1 aliphatic rings. The first kappa shape index (κ1) is 26.8. The van der Waals surface area contributed by atoms with E-state index in [1.54, 1.807) is 12.1 Å². The van der Waals surface area contributed by atoms with Crippen molar-refractivity contribution in [1.82, 2.24) is 0 Å². The van der Waals surface area contributed by atoms with Crippen LogP contribution in [-0.2, 0) is 9.47 Å². The van der Waals surface area contributed by atoms with Crippen LogP contribution < -0.4 is 19.5 Å². The lowest BCUT2D eigenvalue weighted by molar-refractivity contribution is -0.274. The molecule has 1 heterocycles.